The summed E-state index contributed by atoms with van der Waals surface area (Å²) in [7, 11) is -0.137. The lowest BCUT2D eigenvalue weighted by Crippen LogP contribution is -2.21. The summed E-state index contributed by atoms with van der Waals surface area (Å²) < 4.78 is 4.30. The highest BCUT2D eigenvalue weighted by Crippen LogP contribution is 2.44. The lowest BCUT2D eigenvalue weighted by Gasteiger charge is -2.30. The van der Waals surface area contributed by atoms with E-state index in [1.807, 2.05) is 10.7 Å². The van der Waals surface area contributed by atoms with Gasteiger partial charge in [0.2, 0.25) is 0 Å². The van der Waals surface area contributed by atoms with Crippen molar-refractivity contribution in [1.82, 2.24) is 14.8 Å². The van der Waals surface area contributed by atoms with Gasteiger partial charge in [0, 0.05) is 4.90 Å². The van der Waals surface area contributed by atoms with Crippen LogP contribution in [0.4, 0.5) is 5.69 Å². The molecule has 0 amide bonds. The van der Waals surface area contributed by atoms with Gasteiger partial charge in [-0.3, -0.25) is 4.31 Å². The highest BCUT2D eigenvalue weighted by molar-refractivity contribution is 8.16. The molecule has 0 bridgehead atoms. The van der Waals surface area contributed by atoms with Crippen molar-refractivity contribution < 1.29 is 0 Å². The third-order valence-corrected chi connectivity index (χ3v) is 6.00. The Morgan fingerprint density at radius 1 is 0.960 bits per heavy atom. The van der Waals surface area contributed by atoms with Crippen molar-refractivity contribution >= 4 is 34.1 Å². The molecule has 0 saturated carbocycles. The van der Waals surface area contributed by atoms with Gasteiger partial charge < -0.3 is 0 Å². The summed E-state index contributed by atoms with van der Waals surface area (Å²) in [5.74, 6) is 0. The summed E-state index contributed by atoms with van der Waals surface area (Å²) in [4.78, 5) is 5.39. The first kappa shape index (κ1) is 17.5. The molecule has 4 rings (SSSR count). The Labute approximate surface area is 156 Å². The van der Waals surface area contributed by atoms with Crippen LogP contribution in [0.25, 0.3) is 0 Å². The largest absolute Gasteiger partial charge is 0.288 e. The van der Waals surface area contributed by atoms with Gasteiger partial charge in [0.1, 0.15) is 12.7 Å². The van der Waals surface area contributed by atoms with Gasteiger partial charge in [-0.1, -0.05) is 47.1 Å². The summed E-state index contributed by atoms with van der Waals surface area (Å²) >= 11 is 0. The predicted molar refractivity (Wildman–Crippen MR) is 107 cm³/mol. The first-order valence-corrected chi connectivity index (χ1v) is 9.11. The van der Waals surface area contributed by atoms with Crippen molar-refractivity contribution in [2.45, 2.75) is 17.9 Å². The summed E-state index contributed by atoms with van der Waals surface area (Å²) in [6.07, 6.45) is 5.57. The molecule has 0 aliphatic carbocycles. The number of halogens is 1. The summed E-state index contributed by atoms with van der Waals surface area (Å²) in [6, 6.07) is 21.3. The zero-order valence-electron chi connectivity index (χ0n) is 13.8. The predicted octanol–water partition coefficient (Wildman–Crippen LogP) is 4.71. The van der Waals surface area contributed by atoms with E-state index in [2.05, 4.69) is 87.4 Å². The molecule has 2 unspecified atom stereocenters. The molecule has 2 atom stereocenters. The maximum absolute atomic E-state index is 4.31. The third-order valence-electron chi connectivity index (χ3n) is 4.04. The molecule has 25 heavy (non-hydrogen) atoms. The standard InChI is InChI=1S/C19H18N4S.ClH/c1-16(22-15-20-14-21-22)19-12-13-24(18-10-6-3-7-11-18)23(19)17-8-4-2-5-9-17;/h2-16H,1H3;1H. The molecule has 0 saturated heterocycles. The van der Waals surface area contributed by atoms with Crippen LogP contribution in [0.1, 0.15) is 13.0 Å². The van der Waals surface area contributed by atoms with Crippen molar-refractivity contribution in [3.63, 3.8) is 0 Å². The van der Waals surface area contributed by atoms with Crippen molar-refractivity contribution in [2.24, 2.45) is 0 Å². The number of anilines is 1. The Hall–Kier alpha value is -2.37. The zero-order valence-corrected chi connectivity index (χ0v) is 15.4. The highest BCUT2D eigenvalue weighted by Gasteiger charge is 2.26. The lowest BCUT2D eigenvalue weighted by atomic mass is 10.2. The molecule has 4 nitrogen and oxygen atoms in total. The van der Waals surface area contributed by atoms with E-state index in [9.17, 15) is 0 Å². The SMILES string of the molecule is CC(C1=CC=S(c2ccccc2)N1c1ccccc1)n1cncn1.Cl. The van der Waals surface area contributed by atoms with Crippen LogP contribution in [0.15, 0.2) is 90.0 Å². The minimum absolute atomic E-state index is 0. The van der Waals surface area contributed by atoms with Crippen LogP contribution in [-0.2, 0) is 0 Å². The number of hydrogen-bond donors (Lipinski definition) is 0. The Morgan fingerprint density at radius 2 is 1.64 bits per heavy atom. The van der Waals surface area contributed by atoms with Crippen LogP contribution in [0.2, 0.25) is 0 Å². The van der Waals surface area contributed by atoms with Crippen LogP contribution in [0.3, 0.4) is 0 Å². The molecule has 0 fully saturated rings. The Morgan fingerprint density at radius 3 is 2.28 bits per heavy atom. The number of rotatable bonds is 4. The van der Waals surface area contributed by atoms with E-state index in [-0.39, 0.29) is 29.1 Å². The maximum atomic E-state index is 4.31. The fourth-order valence-electron chi connectivity index (χ4n) is 2.81. The van der Waals surface area contributed by atoms with Gasteiger partial charge >= 0.3 is 0 Å². The average Bonchev–Trinajstić information content (AvgIpc) is 3.32. The van der Waals surface area contributed by atoms with E-state index in [0.717, 1.165) is 0 Å². The first-order valence-electron chi connectivity index (χ1n) is 7.87. The van der Waals surface area contributed by atoms with Crippen molar-refractivity contribution in [3.8, 4) is 0 Å². The second-order valence-electron chi connectivity index (χ2n) is 5.54. The van der Waals surface area contributed by atoms with Gasteiger partial charge in [0.15, 0.2) is 0 Å². The van der Waals surface area contributed by atoms with E-state index in [0.29, 0.717) is 0 Å². The number of nitrogens with zero attached hydrogens (tertiary/aromatic N) is 4. The molecule has 1 aliphatic heterocycles. The van der Waals surface area contributed by atoms with Crippen molar-refractivity contribution in [3.05, 3.63) is 85.1 Å². The van der Waals surface area contributed by atoms with E-state index in [1.165, 1.54) is 16.3 Å². The van der Waals surface area contributed by atoms with E-state index < -0.39 is 0 Å². The number of para-hydroxylation sites is 1. The van der Waals surface area contributed by atoms with Gasteiger partial charge in [0.25, 0.3) is 0 Å². The van der Waals surface area contributed by atoms with E-state index >= 15 is 0 Å². The third kappa shape index (κ3) is 3.38. The molecule has 0 N–H and O–H groups in total. The second-order valence-corrected chi connectivity index (χ2v) is 7.27. The van der Waals surface area contributed by atoms with Crippen molar-refractivity contribution in [1.29, 1.82) is 0 Å². The number of benzene rings is 2. The highest BCUT2D eigenvalue weighted by atomic mass is 35.5. The van der Waals surface area contributed by atoms with Crippen LogP contribution in [0, 0.1) is 0 Å². The summed E-state index contributed by atoms with van der Waals surface area (Å²) in [6.45, 7) is 2.15. The first-order chi connectivity index (χ1) is 11.8. The van der Waals surface area contributed by atoms with E-state index in [1.54, 1.807) is 12.7 Å². The quantitative estimate of drug-likeness (QED) is 0.623. The molecule has 0 spiro atoms. The lowest BCUT2D eigenvalue weighted by molar-refractivity contribution is 0.551. The minimum atomic E-state index is -0.137. The zero-order chi connectivity index (χ0) is 16.4. The fourth-order valence-corrected chi connectivity index (χ4v) is 4.79. The molecular weight excluding hydrogens is 352 g/mol. The fraction of sp³-hybridized carbons (Fsp3) is 0.105. The Kier molecular flexibility index (Phi) is 5.36. The van der Waals surface area contributed by atoms with Gasteiger partial charge in [-0.05, 0) is 42.6 Å². The number of allylic oxidation sites excluding steroid dienone is 2. The molecule has 2 heterocycles. The van der Waals surface area contributed by atoms with Gasteiger partial charge in [-0.2, -0.15) is 5.10 Å². The van der Waals surface area contributed by atoms with Crippen molar-refractivity contribution in [2.75, 3.05) is 4.31 Å². The average molecular weight is 371 g/mol. The minimum Gasteiger partial charge on any atom is -0.288 e. The molecule has 1 aromatic heterocycles. The number of aromatic nitrogens is 3. The van der Waals surface area contributed by atoms with Gasteiger partial charge in [-0.25, -0.2) is 9.67 Å². The monoisotopic (exact) mass is 370 g/mol. The van der Waals surface area contributed by atoms with Crippen LogP contribution in [0.5, 0.6) is 0 Å². The van der Waals surface area contributed by atoms with Gasteiger partial charge in [0.05, 0.1) is 17.4 Å². The topological polar surface area (TPSA) is 34.0 Å². The maximum Gasteiger partial charge on any atom is 0.137 e. The molecule has 1 aliphatic rings. The molecule has 2 aromatic carbocycles. The van der Waals surface area contributed by atoms with Crippen LogP contribution >= 0.6 is 23.1 Å². The normalized spacial score (nSPS) is 17.4. The molecule has 128 valence electrons. The Bertz CT molecular complexity index is 876. The van der Waals surface area contributed by atoms with E-state index in [4.69, 9.17) is 0 Å². The molecule has 3 aromatic rings. The van der Waals surface area contributed by atoms with Crippen LogP contribution < -0.4 is 4.31 Å². The molecular formula is C19H19ClN4S. The molecule has 0 radical (unpaired) electrons. The van der Waals surface area contributed by atoms with Gasteiger partial charge in [-0.15, -0.1) is 12.4 Å². The smallest absolute Gasteiger partial charge is 0.137 e. The molecule has 6 heteroatoms. The Balaban J connectivity index is 0.00000182. The second kappa shape index (κ2) is 7.68. The number of hydrogen-bond acceptors (Lipinski definition) is 3. The summed E-state index contributed by atoms with van der Waals surface area (Å²) in [5, 5.41) is 6.60. The van der Waals surface area contributed by atoms with Crippen LogP contribution in [-0.4, -0.2) is 20.1 Å². The summed E-state index contributed by atoms with van der Waals surface area (Å²) in [5.41, 5.74) is 2.41.